The number of rotatable bonds is 3. The van der Waals surface area contributed by atoms with E-state index in [1.165, 1.54) is 0 Å². The summed E-state index contributed by atoms with van der Waals surface area (Å²) in [6, 6.07) is 5.81. The van der Waals surface area contributed by atoms with Crippen LogP contribution in [0.1, 0.15) is 32.4 Å². The van der Waals surface area contributed by atoms with Crippen LogP contribution in [0.15, 0.2) is 18.2 Å². The first-order valence-corrected chi connectivity index (χ1v) is 4.96. The van der Waals surface area contributed by atoms with Crippen LogP contribution in [-0.2, 0) is 0 Å². The van der Waals surface area contributed by atoms with Crippen molar-refractivity contribution in [2.45, 2.75) is 33.0 Å². The van der Waals surface area contributed by atoms with E-state index in [9.17, 15) is 5.11 Å². The van der Waals surface area contributed by atoms with Crippen LogP contribution in [0.4, 0.5) is 0 Å². The third kappa shape index (κ3) is 2.77. The SMILES string of the molecule is Bc1ccc(OC(C)C)cc1C(C)O. The molecule has 0 aromatic heterocycles. The molecule has 1 unspecified atom stereocenters. The minimum Gasteiger partial charge on any atom is -0.491 e. The minimum absolute atomic E-state index is 0.166. The molecule has 0 aliphatic heterocycles. The van der Waals surface area contributed by atoms with E-state index in [2.05, 4.69) is 0 Å². The fourth-order valence-electron chi connectivity index (χ4n) is 1.41. The topological polar surface area (TPSA) is 29.5 Å². The van der Waals surface area contributed by atoms with Crippen LogP contribution in [0.5, 0.6) is 5.75 Å². The van der Waals surface area contributed by atoms with Gasteiger partial charge in [-0.05, 0) is 38.5 Å². The molecular formula is C11H17BO2. The average molecular weight is 192 g/mol. The molecule has 0 heterocycles. The molecular weight excluding hydrogens is 175 g/mol. The maximum absolute atomic E-state index is 9.51. The van der Waals surface area contributed by atoms with Crippen LogP contribution in [0.2, 0.25) is 0 Å². The maximum Gasteiger partial charge on any atom is 0.139 e. The molecule has 1 rings (SSSR count). The van der Waals surface area contributed by atoms with E-state index in [0.717, 1.165) is 16.8 Å². The fraction of sp³-hybridized carbons (Fsp3) is 0.455. The van der Waals surface area contributed by atoms with Gasteiger partial charge in [-0.25, -0.2) is 0 Å². The minimum atomic E-state index is -0.439. The van der Waals surface area contributed by atoms with Gasteiger partial charge in [0.15, 0.2) is 0 Å². The van der Waals surface area contributed by atoms with Crippen molar-refractivity contribution in [3.8, 4) is 5.75 Å². The molecule has 3 heteroatoms. The first-order valence-electron chi connectivity index (χ1n) is 4.96. The summed E-state index contributed by atoms with van der Waals surface area (Å²) in [5.41, 5.74) is 2.03. The second-order valence-corrected chi connectivity index (χ2v) is 3.86. The Bertz CT molecular complexity index is 308. The molecule has 0 bridgehead atoms. The quantitative estimate of drug-likeness (QED) is 0.717. The molecule has 0 aliphatic rings. The second-order valence-electron chi connectivity index (χ2n) is 3.86. The summed E-state index contributed by atoms with van der Waals surface area (Å²) in [5, 5.41) is 9.51. The Balaban J connectivity index is 2.94. The molecule has 1 aromatic carbocycles. The third-order valence-electron chi connectivity index (χ3n) is 2.07. The molecule has 0 saturated carbocycles. The number of hydrogen-bond acceptors (Lipinski definition) is 2. The summed E-state index contributed by atoms with van der Waals surface area (Å²) >= 11 is 0. The molecule has 0 radical (unpaired) electrons. The van der Waals surface area contributed by atoms with E-state index >= 15 is 0 Å². The summed E-state index contributed by atoms with van der Waals surface area (Å²) in [6.45, 7) is 5.74. The first-order chi connectivity index (χ1) is 6.50. The van der Waals surface area contributed by atoms with Crippen molar-refractivity contribution >= 4 is 13.3 Å². The number of aliphatic hydroxyl groups excluding tert-OH is 1. The lowest BCUT2D eigenvalue weighted by Crippen LogP contribution is -2.14. The molecule has 1 N–H and O–H groups in total. The highest BCUT2D eigenvalue weighted by Crippen LogP contribution is 2.17. The predicted octanol–water partition coefficient (Wildman–Crippen LogP) is 0.785. The van der Waals surface area contributed by atoms with Gasteiger partial charge in [0.25, 0.3) is 0 Å². The van der Waals surface area contributed by atoms with Gasteiger partial charge in [-0.3, -0.25) is 0 Å². The van der Waals surface area contributed by atoms with Crippen molar-refractivity contribution < 1.29 is 9.84 Å². The van der Waals surface area contributed by atoms with Gasteiger partial charge in [-0.15, -0.1) is 0 Å². The van der Waals surface area contributed by atoms with Gasteiger partial charge in [0.05, 0.1) is 12.2 Å². The Morgan fingerprint density at radius 1 is 1.29 bits per heavy atom. The Morgan fingerprint density at radius 2 is 1.93 bits per heavy atom. The van der Waals surface area contributed by atoms with Crippen LogP contribution >= 0.6 is 0 Å². The lowest BCUT2D eigenvalue weighted by molar-refractivity contribution is 0.198. The van der Waals surface area contributed by atoms with Crippen molar-refractivity contribution in [2.24, 2.45) is 0 Å². The highest BCUT2D eigenvalue weighted by molar-refractivity contribution is 6.33. The summed E-state index contributed by atoms with van der Waals surface area (Å²) in [7, 11) is 1.99. The summed E-state index contributed by atoms with van der Waals surface area (Å²) in [4.78, 5) is 0. The van der Waals surface area contributed by atoms with Crippen LogP contribution in [-0.4, -0.2) is 19.1 Å². The molecule has 2 nitrogen and oxygen atoms in total. The fourth-order valence-corrected chi connectivity index (χ4v) is 1.41. The number of benzene rings is 1. The maximum atomic E-state index is 9.51. The lowest BCUT2D eigenvalue weighted by atomic mass is 9.88. The monoisotopic (exact) mass is 192 g/mol. The predicted molar refractivity (Wildman–Crippen MR) is 61.0 cm³/mol. The van der Waals surface area contributed by atoms with Crippen molar-refractivity contribution in [3.05, 3.63) is 23.8 Å². The van der Waals surface area contributed by atoms with Gasteiger partial charge in [0, 0.05) is 0 Å². The van der Waals surface area contributed by atoms with E-state index < -0.39 is 6.10 Å². The molecule has 0 saturated heterocycles. The number of hydrogen-bond donors (Lipinski definition) is 1. The van der Waals surface area contributed by atoms with Crippen molar-refractivity contribution in [2.75, 3.05) is 0 Å². The standard InChI is InChI=1S/C11H17BO2/c1-7(2)14-9-4-5-11(12)10(6-9)8(3)13/h4-8,13H,12H2,1-3H3. The normalized spacial score (nSPS) is 12.9. The van der Waals surface area contributed by atoms with Crippen molar-refractivity contribution in [3.63, 3.8) is 0 Å². The molecule has 0 aliphatic carbocycles. The Kier molecular flexibility index (Phi) is 3.58. The molecule has 14 heavy (non-hydrogen) atoms. The zero-order valence-corrected chi connectivity index (χ0v) is 9.24. The molecule has 0 amide bonds. The van der Waals surface area contributed by atoms with Crippen LogP contribution in [0, 0.1) is 0 Å². The smallest absolute Gasteiger partial charge is 0.139 e. The Hall–Kier alpha value is -0.955. The van der Waals surface area contributed by atoms with Gasteiger partial charge < -0.3 is 9.84 Å². The van der Waals surface area contributed by atoms with Gasteiger partial charge in [-0.1, -0.05) is 11.5 Å². The van der Waals surface area contributed by atoms with Crippen molar-refractivity contribution in [1.82, 2.24) is 0 Å². The van der Waals surface area contributed by atoms with E-state index in [0.29, 0.717) is 0 Å². The van der Waals surface area contributed by atoms with Gasteiger partial charge in [0.1, 0.15) is 13.6 Å². The molecule has 0 fully saturated rings. The lowest BCUT2D eigenvalue weighted by Gasteiger charge is -2.14. The van der Waals surface area contributed by atoms with Crippen LogP contribution in [0.3, 0.4) is 0 Å². The summed E-state index contributed by atoms with van der Waals surface area (Å²) < 4.78 is 5.55. The zero-order valence-electron chi connectivity index (χ0n) is 9.24. The first kappa shape index (κ1) is 11.1. The zero-order chi connectivity index (χ0) is 10.7. The number of aliphatic hydroxyl groups is 1. The third-order valence-corrected chi connectivity index (χ3v) is 2.07. The van der Waals surface area contributed by atoms with E-state index in [-0.39, 0.29) is 6.10 Å². The summed E-state index contributed by atoms with van der Waals surface area (Å²) in [6.07, 6.45) is -0.273. The Morgan fingerprint density at radius 3 is 2.43 bits per heavy atom. The highest BCUT2D eigenvalue weighted by Gasteiger charge is 2.06. The van der Waals surface area contributed by atoms with Gasteiger partial charge in [-0.2, -0.15) is 0 Å². The summed E-state index contributed by atoms with van der Waals surface area (Å²) in [5.74, 6) is 0.821. The average Bonchev–Trinajstić information content (AvgIpc) is 2.07. The van der Waals surface area contributed by atoms with Crippen molar-refractivity contribution in [1.29, 1.82) is 0 Å². The van der Waals surface area contributed by atoms with Gasteiger partial charge in [0.2, 0.25) is 0 Å². The van der Waals surface area contributed by atoms with E-state index in [4.69, 9.17) is 4.74 Å². The molecule has 1 atom stereocenters. The molecule has 76 valence electrons. The van der Waals surface area contributed by atoms with Gasteiger partial charge >= 0.3 is 0 Å². The Labute approximate surface area is 86.3 Å². The van der Waals surface area contributed by atoms with E-state index in [1.54, 1.807) is 6.92 Å². The van der Waals surface area contributed by atoms with E-state index in [1.807, 2.05) is 39.9 Å². The van der Waals surface area contributed by atoms with Crippen LogP contribution < -0.4 is 10.2 Å². The van der Waals surface area contributed by atoms with Crippen LogP contribution in [0.25, 0.3) is 0 Å². The molecule has 0 spiro atoms. The second kappa shape index (κ2) is 4.51. The highest BCUT2D eigenvalue weighted by atomic mass is 16.5. The number of ether oxygens (including phenoxy) is 1. The molecule has 1 aromatic rings. The largest absolute Gasteiger partial charge is 0.491 e.